The molecule has 0 bridgehead atoms. The fourth-order valence-electron chi connectivity index (χ4n) is 2.66. The Morgan fingerprint density at radius 2 is 1.65 bits per heavy atom. The first-order valence-corrected chi connectivity index (χ1v) is 7.68. The molecule has 1 atom stereocenters. The van der Waals surface area contributed by atoms with E-state index in [4.69, 9.17) is 0 Å². The predicted molar refractivity (Wildman–Crippen MR) is 76.5 cm³/mol. The van der Waals surface area contributed by atoms with Crippen molar-refractivity contribution >= 4 is 0 Å². The van der Waals surface area contributed by atoms with Gasteiger partial charge in [-0.1, -0.05) is 52.4 Å². The second kappa shape index (κ2) is 8.10. The number of unbranched alkanes of at least 4 members (excludes halogenated alkanes) is 4. The van der Waals surface area contributed by atoms with E-state index in [-0.39, 0.29) is 0 Å². The van der Waals surface area contributed by atoms with Gasteiger partial charge in [0.15, 0.2) is 0 Å². The molecule has 102 valence electrons. The molecule has 2 nitrogen and oxygen atoms in total. The number of hydrogen-bond acceptors (Lipinski definition) is 2. The highest BCUT2D eigenvalue weighted by Crippen LogP contribution is 2.23. The largest absolute Gasteiger partial charge is 0.314 e. The fraction of sp³-hybridized carbons (Fsp3) is 1.00. The third-order valence-electron chi connectivity index (χ3n) is 4.00. The minimum absolute atomic E-state index is 0.385. The van der Waals surface area contributed by atoms with Crippen molar-refractivity contribution in [2.24, 2.45) is 0 Å². The van der Waals surface area contributed by atoms with Gasteiger partial charge >= 0.3 is 0 Å². The topological polar surface area (TPSA) is 24.1 Å². The second-order valence-electron chi connectivity index (χ2n) is 5.97. The molecular weight excluding hydrogens is 208 g/mol. The molecule has 1 unspecified atom stereocenters. The van der Waals surface area contributed by atoms with Crippen LogP contribution >= 0.6 is 0 Å². The fourth-order valence-corrected chi connectivity index (χ4v) is 2.66. The van der Waals surface area contributed by atoms with Gasteiger partial charge in [0.2, 0.25) is 0 Å². The van der Waals surface area contributed by atoms with Gasteiger partial charge in [0.1, 0.15) is 0 Å². The van der Waals surface area contributed by atoms with Crippen molar-refractivity contribution in [3.8, 4) is 0 Å². The van der Waals surface area contributed by atoms with Gasteiger partial charge < -0.3 is 10.6 Å². The summed E-state index contributed by atoms with van der Waals surface area (Å²) in [5.74, 6) is 0. The molecule has 1 heterocycles. The van der Waals surface area contributed by atoms with Gasteiger partial charge in [0.25, 0.3) is 0 Å². The summed E-state index contributed by atoms with van der Waals surface area (Å²) in [5, 5.41) is 7.23. The van der Waals surface area contributed by atoms with E-state index in [9.17, 15) is 0 Å². The molecule has 1 rings (SSSR count). The van der Waals surface area contributed by atoms with Crippen LogP contribution in [-0.2, 0) is 0 Å². The molecule has 0 amide bonds. The van der Waals surface area contributed by atoms with Gasteiger partial charge in [0.05, 0.1) is 0 Å². The first kappa shape index (κ1) is 15.0. The molecule has 0 aromatic rings. The predicted octanol–water partition coefficient (Wildman–Crippen LogP) is 3.47. The van der Waals surface area contributed by atoms with Crippen molar-refractivity contribution in [2.45, 2.75) is 83.7 Å². The Labute approximate surface area is 108 Å². The molecule has 1 aliphatic rings. The van der Waals surface area contributed by atoms with E-state index in [0.717, 1.165) is 19.1 Å². The monoisotopic (exact) mass is 240 g/mol. The molecule has 0 aromatic heterocycles. The molecule has 0 spiro atoms. The van der Waals surface area contributed by atoms with Gasteiger partial charge in [-0.2, -0.15) is 0 Å². The zero-order valence-corrected chi connectivity index (χ0v) is 12.1. The van der Waals surface area contributed by atoms with Gasteiger partial charge in [-0.3, -0.25) is 0 Å². The van der Waals surface area contributed by atoms with Crippen LogP contribution in [0.4, 0.5) is 0 Å². The van der Waals surface area contributed by atoms with E-state index >= 15 is 0 Å². The van der Waals surface area contributed by atoms with Crippen molar-refractivity contribution < 1.29 is 0 Å². The average Bonchev–Trinajstić information content (AvgIpc) is 2.28. The van der Waals surface area contributed by atoms with Crippen LogP contribution in [0, 0.1) is 0 Å². The molecule has 2 heteroatoms. The Morgan fingerprint density at radius 3 is 2.18 bits per heavy atom. The molecule has 1 fully saturated rings. The lowest BCUT2D eigenvalue weighted by Gasteiger charge is -2.40. The van der Waals surface area contributed by atoms with Crippen LogP contribution < -0.4 is 10.6 Å². The molecule has 2 N–H and O–H groups in total. The van der Waals surface area contributed by atoms with Crippen LogP contribution in [0.15, 0.2) is 0 Å². The minimum atomic E-state index is 0.385. The molecule has 1 saturated heterocycles. The highest BCUT2D eigenvalue weighted by atomic mass is 15.1. The average molecular weight is 240 g/mol. The first-order valence-electron chi connectivity index (χ1n) is 7.68. The normalized spacial score (nSPS) is 19.9. The second-order valence-corrected chi connectivity index (χ2v) is 5.97. The van der Waals surface area contributed by atoms with Crippen molar-refractivity contribution in [3.05, 3.63) is 0 Å². The van der Waals surface area contributed by atoms with E-state index in [1.807, 2.05) is 0 Å². The molecule has 0 aromatic carbocycles. The number of hydrogen-bond donors (Lipinski definition) is 2. The molecule has 17 heavy (non-hydrogen) atoms. The van der Waals surface area contributed by atoms with Crippen molar-refractivity contribution in [1.82, 2.24) is 10.6 Å². The summed E-state index contributed by atoms with van der Waals surface area (Å²) < 4.78 is 0. The molecule has 0 aliphatic carbocycles. The minimum Gasteiger partial charge on any atom is -0.314 e. The van der Waals surface area contributed by atoms with E-state index in [0.29, 0.717) is 5.54 Å². The standard InChI is InChI=1S/C15H32N2/c1-4-6-8-9-11-15(3,10-7-5-2)17-14-12-16-13-14/h14,16-17H,4-13H2,1-3H3. The van der Waals surface area contributed by atoms with Crippen molar-refractivity contribution in [1.29, 1.82) is 0 Å². The van der Waals surface area contributed by atoms with Crippen LogP contribution in [-0.4, -0.2) is 24.7 Å². The van der Waals surface area contributed by atoms with Crippen LogP contribution in [0.1, 0.15) is 72.1 Å². The highest BCUT2D eigenvalue weighted by Gasteiger charge is 2.28. The summed E-state index contributed by atoms with van der Waals surface area (Å²) in [6, 6.07) is 0.725. The molecule has 0 saturated carbocycles. The maximum absolute atomic E-state index is 3.88. The van der Waals surface area contributed by atoms with Crippen LogP contribution in [0.3, 0.4) is 0 Å². The number of rotatable bonds is 10. The Hall–Kier alpha value is -0.0800. The third kappa shape index (κ3) is 5.87. The lowest BCUT2D eigenvalue weighted by molar-refractivity contribution is 0.221. The maximum Gasteiger partial charge on any atom is 0.0322 e. The SMILES string of the molecule is CCCCCCC(C)(CCCC)NC1CNC1. The smallest absolute Gasteiger partial charge is 0.0322 e. The number of nitrogens with one attached hydrogen (secondary N) is 2. The van der Waals surface area contributed by atoms with Crippen molar-refractivity contribution in [2.75, 3.05) is 13.1 Å². The molecule has 0 radical (unpaired) electrons. The van der Waals surface area contributed by atoms with E-state index < -0.39 is 0 Å². The lowest BCUT2D eigenvalue weighted by atomic mass is 9.87. The summed E-state index contributed by atoms with van der Waals surface area (Å²) in [6.45, 7) is 9.34. The Balaban J connectivity index is 2.28. The Bertz CT molecular complexity index is 189. The van der Waals surface area contributed by atoms with E-state index in [1.54, 1.807) is 0 Å². The van der Waals surface area contributed by atoms with E-state index in [1.165, 1.54) is 51.4 Å². The summed E-state index contributed by atoms with van der Waals surface area (Å²) in [4.78, 5) is 0. The Morgan fingerprint density at radius 1 is 1.00 bits per heavy atom. The quantitative estimate of drug-likeness (QED) is 0.571. The van der Waals surface area contributed by atoms with E-state index in [2.05, 4.69) is 31.4 Å². The van der Waals surface area contributed by atoms with Crippen molar-refractivity contribution in [3.63, 3.8) is 0 Å². The van der Waals surface area contributed by atoms with Gasteiger partial charge in [-0.25, -0.2) is 0 Å². The zero-order chi connectivity index (χ0) is 12.6. The maximum atomic E-state index is 3.88. The zero-order valence-electron chi connectivity index (χ0n) is 12.1. The van der Waals surface area contributed by atoms with Gasteiger partial charge in [-0.15, -0.1) is 0 Å². The van der Waals surface area contributed by atoms with Crippen LogP contribution in [0.2, 0.25) is 0 Å². The lowest BCUT2D eigenvalue weighted by Crippen LogP contribution is -2.61. The van der Waals surface area contributed by atoms with Gasteiger partial charge in [-0.05, 0) is 19.8 Å². The molecule has 1 aliphatic heterocycles. The van der Waals surface area contributed by atoms with Crippen LogP contribution in [0.5, 0.6) is 0 Å². The summed E-state index contributed by atoms with van der Waals surface area (Å²) in [7, 11) is 0. The summed E-state index contributed by atoms with van der Waals surface area (Å²) in [6.07, 6.45) is 10.9. The van der Waals surface area contributed by atoms with Gasteiger partial charge in [0, 0.05) is 24.7 Å². The summed E-state index contributed by atoms with van der Waals surface area (Å²) >= 11 is 0. The third-order valence-corrected chi connectivity index (χ3v) is 4.00. The molecular formula is C15H32N2. The van der Waals surface area contributed by atoms with Crippen LogP contribution in [0.25, 0.3) is 0 Å². The Kier molecular flexibility index (Phi) is 7.14. The summed E-state index contributed by atoms with van der Waals surface area (Å²) in [5.41, 5.74) is 0.385. The highest BCUT2D eigenvalue weighted by molar-refractivity contribution is 4.92. The first-order chi connectivity index (χ1) is 8.20.